The number of ether oxygens (including phenoxy) is 1. The van der Waals surface area contributed by atoms with Crippen molar-refractivity contribution in [2.45, 2.75) is 50.9 Å². The molecule has 164 valence electrons. The molecule has 9 nitrogen and oxygen atoms in total. The molecule has 0 radical (unpaired) electrons. The number of guanidine groups is 1. The lowest BCUT2D eigenvalue weighted by Crippen LogP contribution is -2.57. The van der Waals surface area contributed by atoms with Gasteiger partial charge in [-0.3, -0.25) is 4.99 Å². The van der Waals surface area contributed by atoms with E-state index in [0.29, 0.717) is 38.7 Å². The average Bonchev–Trinajstić information content (AvgIpc) is 2.63. The lowest BCUT2D eigenvalue weighted by atomic mass is 10.1. The Morgan fingerprint density at radius 1 is 1.32 bits per heavy atom. The predicted molar refractivity (Wildman–Crippen MR) is 111 cm³/mol. The Labute approximate surface area is 169 Å². The molecule has 0 aromatic rings. The van der Waals surface area contributed by atoms with Gasteiger partial charge in [0.15, 0.2) is 15.8 Å². The van der Waals surface area contributed by atoms with E-state index in [2.05, 4.69) is 15.0 Å². The van der Waals surface area contributed by atoms with Gasteiger partial charge >= 0.3 is 0 Å². The third kappa shape index (κ3) is 6.57. The summed E-state index contributed by atoms with van der Waals surface area (Å²) in [4.78, 5) is 6.31. The van der Waals surface area contributed by atoms with E-state index in [1.807, 2.05) is 11.8 Å². The largest absolute Gasteiger partial charge is 0.377 e. The number of hydrogen-bond donors (Lipinski definition) is 2. The highest BCUT2D eigenvalue weighted by Crippen LogP contribution is 2.23. The fraction of sp³-hybridized carbons (Fsp3) is 0.941. The van der Waals surface area contributed by atoms with E-state index in [-0.39, 0.29) is 24.2 Å². The quantitative estimate of drug-likeness (QED) is 0.423. The second-order valence-corrected chi connectivity index (χ2v) is 12.6. The topological polar surface area (TPSA) is 117 Å². The number of nitrogens with zero attached hydrogens (tertiary/aromatic N) is 2. The monoisotopic (exact) mass is 438 g/mol. The van der Waals surface area contributed by atoms with Crippen LogP contribution >= 0.6 is 0 Å². The van der Waals surface area contributed by atoms with Crippen LogP contribution in [0.3, 0.4) is 0 Å². The Balaban J connectivity index is 1.91. The molecule has 11 heteroatoms. The zero-order valence-electron chi connectivity index (χ0n) is 17.1. The highest BCUT2D eigenvalue weighted by atomic mass is 32.2. The van der Waals surface area contributed by atoms with Crippen molar-refractivity contribution < 1.29 is 21.6 Å². The Morgan fingerprint density at radius 3 is 2.68 bits per heavy atom. The minimum Gasteiger partial charge on any atom is -0.377 e. The maximum Gasteiger partial charge on any atom is 0.213 e. The normalized spacial score (nSPS) is 25.5. The SMILES string of the molecule is CCNC(=NCCS(=O)(=O)NCC1CCCCO1)N1CCS(=O)(=O)C(C)(C)C1. The summed E-state index contributed by atoms with van der Waals surface area (Å²) in [5.74, 6) is 0.492. The Kier molecular flexibility index (Phi) is 8.12. The van der Waals surface area contributed by atoms with Gasteiger partial charge in [-0.05, 0) is 40.0 Å². The molecule has 2 heterocycles. The molecule has 0 bridgehead atoms. The van der Waals surface area contributed by atoms with Gasteiger partial charge in [-0.15, -0.1) is 0 Å². The van der Waals surface area contributed by atoms with E-state index in [0.717, 1.165) is 19.3 Å². The van der Waals surface area contributed by atoms with Crippen LogP contribution in [-0.4, -0.2) is 89.4 Å². The van der Waals surface area contributed by atoms with Crippen molar-refractivity contribution in [2.24, 2.45) is 4.99 Å². The van der Waals surface area contributed by atoms with Gasteiger partial charge in [0.1, 0.15) is 0 Å². The van der Waals surface area contributed by atoms with E-state index < -0.39 is 24.6 Å². The second-order valence-electron chi connectivity index (χ2n) is 7.89. The molecular weight excluding hydrogens is 404 g/mol. The molecule has 0 aromatic heterocycles. The van der Waals surface area contributed by atoms with Gasteiger partial charge in [0.05, 0.1) is 28.9 Å². The van der Waals surface area contributed by atoms with E-state index in [4.69, 9.17) is 4.74 Å². The number of aliphatic imine (C=N–C) groups is 1. The van der Waals surface area contributed by atoms with Gasteiger partial charge in [0.25, 0.3) is 0 Å². The van der Waals surface area contributed by atoms with Crippen LogP contribution in [0.15, 0.2) is 4.99 Å². The summed E-state index contributed by atoms with van der Waals surface area (Å²) < 4.78 is 56.1. The van der Waals surface area contributed by atoms with Crippen molar-refractivity contribution in [3.05, 3.63) is 0 Å². The van der Waals surface area contributed by atoms with Crippen molar-refractivity contribution in [3.63, 3.8) is 0 Å². The van der Waals surface area contributed by atoms with Crippen molar-refractivity contribution in [2.75, 3.05) is 50.8 Å². The summed E-state index contributed by atoms with van der Waals surface area (Å²) in [6.07, 6.45) is 2.91. The van der Waals surface area contributed by atoms with Crippen LogP contribution in [0.4, 0.5) is 0 Å². The van der Waals surface area contributed by atoms with Crippen molar-refractivity contribution in [1.82, 2.24) is 14.9 Å². The van der Waals surface area contributed by atoms with Gasteiger partial charge in [-0.25, -0.2) is 21.6 Å². The zero-order chi connectivity index (χ0) is 20.8. The molecule has 2 fully saturated rings. The maximum atomic E-state index is 12.2. The number of sulfonamides is 1. The number of rotatable bonds is 7. The van der Waals surface area contributed by atoms with Crippen LogP contribution < -0.4 is 10.0 Å². The smallest absolute Gasteiger partial charge is 0.213 e. The lowest BCUT2D eigenvalue weighted by molar-refractivity contribution is 0.0200. The molecule has 0 spiro atoms. The minimum atomic E-state index is -3.44. The average molecular weight is 439 g/mol. The molecule has 2 N–H and O–H groups in total. The molecule has 0 saturated carbocycles. The van der Waals surface area contributed by atoms with Gasteiger partial charge in [-0.2, -0.15) is 0 Å². The van der Waals surface area contributed by atoms with E-state index in [9.17, 15) is 16.8 Å². The highest BCUT2D eigenvalue weighted by molar-refractivity contribution is 7.92. The fourth-order valence-electron chi connectivity index (χ4n) is 3.28. The predicted octanol–water partition coefficient (Wildman–Crippen LogP) is -0.0506. The first kappa shape index (κ1) is 23.4. The Morgan fingerprint density at radius 2 is 2.07 bits per heavy atom. The Bertz CT molecular complexity index is 744. The van der Waals surface area contributed by atoms with Crippen LogP contribution in [-0.2, 0) is 24.6 Å². The van der Waals surface area contributed by atoms with Gasteiger partial charge < -0.3 is 15.0 Å². The summed E-state index contributed by atoms with van der Waals surface area (Å²) in [5.41, 5.74) is 0. The third-order valence-electron chi connectivity index (χ3n) is 5.10. The summed E-state index contributed by atoms with van der Waals surface area (Å²) in [6, 6.07) is 0. The summed E-state index contributed by atoms with van der Waals surface area (Å²) >= 11 is 0. The number of hydrogen-bond acceptors (Lipinski definition) is 6. The summed E-state index contributed by atoms with van der Waals surface area (Å²) in [7, 11) is -6.59. The second kappa shape index (κ2) is 9.73. The summed E-state index contributed by atoms with van der Waals surface area (Å²) in [5, 5.41) is 3.13. The molecule has 0 aliphatic carbocycles. The first-order valence-corrected chi connectivity index (χ1v) is 13.2. The zero-order valence-corrected chi connectivity index (χ0v) is 18.7. The van der Waals surface area contributed by atoms with Crippen molar-refractivity contribution >= 4 is 25.8 Å². The van der Waals surface area contributed by atoms with E-state index >= 15 is 0 Å². The van der Waals surface area contributed by atoms with E-state index in [1.165, 1.54) is 0 Å². The first-order valence-electron chi connectivity index (χ1n) is 9.91. The van der Waals surface area contributed by atoms with E-state index in [1.54, 1.807) is 13.8 Å². The van der Waals surface area contributed by atoms with Crippen LogP contribution in [0.25, 0.3) is 0 Å². The van der Waals surface area contributed by atoms with Gasteiger partial charge in [0.2, 0.25) is 10.0 Å². The van der Waals surface area contributed by atoms with Crippen molar-refractivity contribution in [3.8, 4) is 0 Å². The summed E-state index contributed by atoms with van der Waals surface area (Å²) in [6.45, 7) is 7.71. The molecule has 0 aromatic carbocycles. The van der Waals surface area contributed by atoms with Crippen LogP contribution in [0.5, 0.6) is 0 Å². The molecule has 28 heavy (non-hydrogen) atoms. The van der Waals surface area contributed by atoms with Gasteiger partial charge in [0, 0.05) is 32.8 Å². The first-order chi connectivity index (χ1) is 13.1. The third-order valence-corrected chi connectivity index (χ3v) is 8.96. The lowest BCUT2D eigenvalue weighted by Gasteiger charge is -2.39. The number of nitrogens with one attached hydrogen (secondary N) is 2. The Hall–Kier alpha value is -0.910. The maximum absolute atomic E-state index is 12.2. The van der Waals surface area contributed by atoms with Crippen LogP contribution in [0, 0.1) is 0 Å². The molecule has 2 saturated heterocycles. The molecule has 2 rings (SSSR count). The molecule has 2 aliphatic heterocycles. The fourth-order valence-corrected chi connectivity index (χ4v) is 5.56. The molecule has 1 unspecified atom stereocenters. The number of sulfone groups is 1. The molecule has 0 amide bonds. The highest BCUT2D eigenvalue weighted by Gasteiger charge is 2.41. The standard InChI is InChI=1S/C17H34N4O5S2/c1-4-18-16(21-9-12-27(22,23)17(2,3)14-21)19-8-11-28(24,25)20-13-15-7-5-6-10-26-15/h15,20H,4-14H2,1-3H3,(H,18,19). The van der Waals surface area contributed by atoms with Crippen LogP contribution in [0.2, 0.25) is 0 Å². The van der Waals surface area contributed by atoms with Gasteiger partial charge in [-0.1, -0.05) is 0 Å². The molecule has 2 aliphatic rings. The minimum absolute atomic E-state index is 0.0538. The molecule has 1 atom stereocenters. The molecular formula is C17H34N4O5S2. The van der Waals surface area contributed by atoms with Crippen LogP contribution in [0.1, 0.15) is 40.0 Å². The van der Waals surface area contributed by atoms with Crippen molar-refractivity contribution in [1.29, 1.82) is 0 Å².